The Balaban J connectivity index is 2.22. The molecule has 1 atom stereocenters. The average Bonchev–Trinajstić information content (AvgIpc) is 3.08. The number of benzene rings is 2. The Hall–Kier alpha value is -3.52. The fraction of sp³-hybridized carbons (Fsp3) is 0.360. The van der Waals surface area contributed by atoms with Gasteiger partial charge in [0.05, 0.1) is 32.9 Å². The van der Waals surface area contributed by atoms with Gasteiger partial charge in [-0.25, -0.2) is 0 Å². The van der Waals surface area contributed by atoms with Crippen molar-refractivity contribution in [3.63, 3.8) is 0 Å². The predicted molar refractivity (Wildman–Crippen MR) is 123 cm³/mol. The zero-order valence-electron chi connectivity index (χ0n) is 19.5. The second kappa shape index (κ2) is 10.4. The number of likely N-dealkylation sites (tertiary alicyclic amines) is 1. The molecule has 0 aromatic heterocycles. The van der Waals surface area contributed by atoms with Gasteiger partial charge >= 0.3 is 0 Å². The fourth-order valence-electron chi connectivity index (χ4n) is 3.96. The van der Waals surface area contributed by atoms with Gasteiger partial charge in [0.25, 0.3) is 11.7 Å². The minimum Gasteiger partial charge on any atom is -0.507 e. The van der Waals surface area contributed by atoms with Crippen molar-refractivity contribution in [2.75, 3.05) is 41.6 Å². The molecule has 0 spiro atoms. The number of carbonyl (C=O) groups excluding carboxylic acids is 2. The summed E-state index contributed by atoms with van der Waals surface area (Å²) in [6.45, 7) is 2.61. The third-order valence-corrected chi connectivity index (χ3v) is 5.62. The van der Waals surface area contributed by atoms with Gasteiger partial charge in [0.15, 0.2) is 11.5 Å². The number of hydrogen-bond donors (Lipinski definition) is 1. The molecule has 3 rings (SSSR count). The number of aliphatic hydroxyl groups excluding tert-OH is 1. The number of nitrogens with zero attached hydrogens (tertiary/aromatic N) is 1. The highest BCUT2D eigenvalue weighted by Crippen LogP contribution is 2.45. The van der Waals surface area contributed by atoms with Crippen molar-refractivity contribution in [1.29, 1.82) is 0 Å². The number of carbonyl (C=O) groups is 2. The molecule has 1 saturated heterocycles. The Morgan fingerprint density at radius 2 is 1.58 bits per heavy atom. The van der Waals surface area contributed by atoms with Crippen molar-refractivity contribution in [3.05, 3.63) is 58.7 Å². The maximum atomic E-state index is 13.1. The quantitative estimate of drug-likeness (QED) is 0.268. The molecule has 1 heterocycles. The molecule has 0 aliphatic carbocycles. The Labute approximate surface area is 193 Å². The van der Waals surface area contributed by atoms with Crippen LogP contribution in [0.1, 0.15) is 29.2 Å². The Bertz CT molecular complexity index is 1030. The number of Topliss-reactive ketones (excluding diaryl/α,β-unsaturated/α-hetero) is 1. The average molecular weight is 456 g/mol. The van der Waals surface area contributed by atoms with Gasteiger partial charge < -0.3 is 29.0 Å². The highest BCUT2D eigenvalue weighted by Gasteiger charge is 2.46. The lowest BCUT2D eigenvalue weighted by atomic mass is 9.94. The Kier molecular flexibility index (Phi) is 7.60. The van der Waals surface area contributed by atoms with Gasteiger partial charge in [-0.15, -0.1) is 0 Å². The van der Waals surface area contributed by atoms with Gasteiger partial charge in [0, 0.05) is 25.8 Å². The minimum atomic E-state index is -0.836. The molecule has 2 aromatic carbocycles. The van der Waals surface area contributed by atoms with E-state index in [9.17, 15) is 14.7 Å². The summed E-state index contributed by atoms with van der Waals surface area (Å²) in [5.74, 6) is -0.517. The highest BCUT2D eigenvalue weighted by atomic mass is 16.5. The molecule has 1 aliphatic heterocycles. The van der Waals surface area contributed by atoms with Crippen molar-refractivity contribution >= 4 is 17.4 Å². The summed E-state index contributed by atoms with van der Waals surface area (Å²) in [5.41, 5.74) is 2.02. The largest absolute Gasteiger partial charge is 0.507 e. The summed E-state index contributed by atoms with van der Waals surface area (Å²) in [7, 11) is 6.04. The molecule has 8 nitrogen and oxygen atoms in total. The third kappa shape index (κ3) is 4.66. The summed E-state index contributed by atoms with van der Waals surface area (Å²) in [6.07, 6.45) is 0.523. The fourth-order valence-corrected chi connectivity index (χ4v) is 3.96. The second-order valence-electron chi connectivity index (χ2n) is 7.66. The molecule has 8 heteroatoms. The van der Waals surface area contributed by atoms with E-state index in [1.807, 2.05) is 19.1 Å². The SMILES string of the molecule is COCCCN1C(=O)C(=O)/C(=C(/O)c2ccc(C)cc2)C1c1cc(OC)c(OC)c(OC)c1. The summed E-state index contributed by atoms with van der Waals surface area (Å²) >= 11 is 0. The molecule has 2 aromatic rings. The first-order valence-electron chi connectivity index (χ1n) is 10.5. The second-order valence-corrected chi connectivity index (χ2v) is 7.66. The van der Waals surface area contributed by atoms with Crippen LogP contribution in [0.3, 0.4) is 0 Å². The van der Waals surface area contributed by atoms with E-state index < -0.39 is 17.7 Å². The van der Waals surface area contributed by atoms with Gasteiger partial charge in [0.2, 0.25) is 5.75 Å². The van der Waals surface area contributed by atoms with E-state index in [4.69, 9.17) is 18.9 Å². The van der Waals surface area contributed by atoms with Gasteiger partial charge in [-0.3, -0.25) is 9.59 Å². The van der Waals surface area contributed by atoms with Crippen LogP contribution in [0.2, 0.25) is 0 Å². The van der Waals surface area contributed by atoms with Gasteiger partial charge in [-0.05, 0) is 31.0 Å². The Morgan fingerprint density at radius 1 is 0.970 bits per heavy atom. The highest BCUT2D eigenvalue weighted by molar-refractivity contribution is 6.46. The zero-order chi connectivity index (χ0) is 24.1. The lowest BCUT2D eigenvalue weighted by Crippen LogP contribution is -2.31. The summed E-state index contributed by atoms with van der Waals surface area (Å²) in [6, 6.07) is 9.63. The lowest BCUT2D eigenvalue weighted by molar-refractivity contribution is -0.140. The standard InChI is InChI=1S/C25H29NO7/c1-15-7-9-16(10-8-15)22(27)20-21(26(11-6-12-30-2)25(29)23(20)28)17-13-18(31-3)24(33-5)19(14-17)32-4/h7-10,13-14,21,27H,6,11-12H2,1-5H3/b22-20+. The van der Waals surface area contributed by atoms with Crippen molar-refractivity contribution in [2.45, 2.75) is 19.4 Å². The van der Waals surface area contributed by atoms with E-state index in [1.165, 1.54) is 26.2 Å². The Morgan fingerprint density at radius 3 is 2.09 bits per heavy atom. The topological polar surface area (TPSA) is 94.5 Å². The first-order valence-corrected chi connectivity index (χ1v) is 10.5. The van der Waals surface area contributed by atoms with E-state index in [0.717, 1.165) is 5.56 Å². The van der Waals surface area contributed by atoms with E-state index in [0.29, 0.717) is 41.4 Å². The van der Waals surface area contributed by atoms with Crippen LogP contribution in [0.5, 0.6) is 17.2 Å². The van der Waals surface area contributed by atoms with Crippen LogP contribution in [-0.4, -0.2) is 63.3 Å². The molecular formula is C25H29NO7. The zero-order valence-corrected chi connectivity index (χ0v) is 19.5. The van der Waals surface area contributed by atoms with Crippen LogP contribution < -0.4 is 14.2 Å². The first kappa shape index (κ1) is 24.1. The van der Waals surface area contributed by atoms with Crippen LogP contribution in [0.15, 0.2) is 42.0 Å². The van der Waals surface area contributed by atoms with Crippen molar-refractivity contribution in [3.8, 4) is 17.2 Å². The van der Waals surface area contributed by atoms with Crippen molar-refractivity contribution < 1.29 is 33.6 Å². The molecule has 0 saturated carbocycles. The number of aryl methyl sites for hydroxylation is 1. The van der Waals surface area contributed by atoms with E-state index in [1.54, 1.807) is 31.4 Å². The maximum absolute atomic E-state index is 13.1. The van der Waals surface area contributed by atoms with E-state index in [2.05, 4.69) is 0 Å². The molecule has 1 aliphatic rings. The molecule has 0 radical (unpaired) electrons. The molecule has 1 unspecified atom stereocenters. The molecule has 1 N–H and O–H groups in total. The monoisotopic (exact) mass is 455 g/mol. The van der Waals surface area contributed by atoms with E-state index in [-0.39, 0.29) is 17.9 Å². The number of ether oxygens (including phenoxy) is 4. The van der Waals surface area contributed by atoms with Gasteiger partial charge in [-0.2, -0.15) is 0 Å². The first-order chi connectivity index (χ1) is 15.9. The van der Waals surface area contributed by atoms with E-state index >= 15 is 0 Å². The van der Waals surface area contributed by atoms with Crippen molar-refractivity contribution in [1.82, 2.24) is 4.90 Å². The molecule has 33 heavy (non-hydrogen) atoms. The normalized spacial score (nSPS) is 17.4. The third-order valence-electron chi connectivity index (χ3n) is 5.62. The number of aliphatic hydroxyl groups is 1. The number of rotatable bonds is 9. The van der Waals surface area contributed by atoms with Crippen LogP contribution in [-0.2, 0) is 14.3 Å². The molecule has 0 bridgehead atoms. The van der Waals surface area contributed by atoms with Gasteiger partial charge in [0.1, 0.15) is 5.76 Å². The van der Waals surface area contributed by atoms with Gasteiger partial charge in [-0.1, -0.05) is 29.8 Å². The maximum Gasteiger partial charge on any atom is 0.295 e. The minimum absolute atomic E-state index is 0.00976. The lowest BCUT2D eigenvalue weighted by Gasteiger charge is -2.26. The van der Waals surface area contributed by atoms with Crippen LogP contribution in [0, 0.1) is 6.92 Å². The molecule has 176 valence electrons. The predicted octanol–water partition coefficient (Wildman–Crippen LogP) is 3.48. The number of methoxy groups -OCH3 is 4. The summed E-state index contributed by atoms with van der Waals surface area (Å²) in [5, 5.41) is 11.1. The molecular weight excluding hydrogens is 426 g/mol. The number of amides is 1. The molecule has 1 fully saturated rings. The van der Waals surface area contributed by atoms with Crippen LogP contribution >= 0.6 is 0 Å². The number of ketones is 1. The number of hydrogen-bond acceptors (Lipinski definition) is 7. The summed E-state index contributed by atoms with van der Waals surface area (Å²) < 4.78 is 21.5. The summed E-state index contributed by atoms with van der Waals surface area (Å²) in [4.78, 5) is 27.6. The smallest absolute Gasteiger partial charge is 0.295 e. The molecule has 1 amide bonds. The van der Waals surface area contributed by atoms with Crippen LogP contribution in [0.4, 0.5) is 0 Å². The van der Waals surface area contributed by atoms with Crippen LogP contribution in [0.25, 0.3) is 5.76 Å². The van der Waals surface area contributed by atoms with Crippen molar-refractivity contribution in [2.24, 2.45) is 0 Å².